The first-order valence-corrected chi connectivity index (χ1v) is 9.44. The van der Waals surface area contributed by atoms with E-state index in [1.165, 1.54) is 11.8 Å². The lowest BCUT2D eigenvalue weighted by Crippen LogP contribution is -2.33. The van der Waals surface area contributed by atoms with Crippen molar-refractivity contribution >= 4 is 28.6 Å². The lowest BCUT2D eigenvalue weighted by Gasteiger charge is -2.16. The van der Waals surface area contributed by atoms with Gasteiger partial charge in [0.25, 0.3) is 5.56 Å². The van der Waals surface area contributed by atoms with Crippen LogP contribution in [0.5, 0.6) is 0 Å². The molecule has 0 aliphatic heterocycles. The van der Waals surface area contributed by atoms with Gasteiger partial charge in [0.05, 0.1) is 16.2 Å². The number of carbonyl (C=O) groups is 1. The second-order valence-corrected chi connectivity index (χ2v) is 7.57. The number of hydrogen-bond acceptors (Lipinski definition) is 4. The van der Waals surface area contributed by atoms with Crippen molar-refractivity contribution in [3.05, 3.63) is 34.6 Å². The summed E-state index contributed by atoms with van der Waals surface area (Å²) in [4.78, 5) is 29.7. The summed E-state index contributed by atoms with van der Waals surface area (Å²) in [6.45, 7) is 4.60. The van der Waals surface area contributed by atoms with E-state index in [0.717, 1.165) is 25.7 Å². The summed E-state index contributed by atoms with van der Waals surface area (Å²) in [7, 11) is 0. The van der Waals surface area contributed by atoms with E-state index in [2.05, 4.69) is 17.2 Å². The summed E-state index contributed by atoms with van der Waals surface area (Å²) >= 11 is 1.37. The first-order valence-electron chi connectivity index (χ1n) is 8.56. The molecule has 1 atom stereocenters. The monoisotopic (exact) mass is 345 g/mol. The third kappa shape index (κ3) is 3.80. The van der Waals surface area contributed by atoms with Crippen LogP contribution in [0, 0.1) is 0 Å². The maximum Gasteiger partial charge on any atom is 0.262 e. The minimum atomic E-state index is -0.272. The quantitative estimate of drug-likeness (QED) is 0.619. The molecule has 1 aromatic carbocycles. The predicted molar refractivity (Wildman–Crippen MR) is 97.4 cm³/mol. The molecule has 0 spiro atoms. The van der Waals surface area contributed by atoms with Crippen LogP contribution >= 0.6 is 11.8 Å². The molecular weight excluding hydrogens is 322 g/mol. The number of unbranched alkanes of at least 4 members (excludes halogenated alkanes) is 1. The average Bonchev–Trinajstić information content (AvgIpc) is 3.38. The Labute approximate surface area is 145 Å². The van der Waals surface area contributed by atoms with Crippen LogP contribution in [0.15, 0.2) is 34.2 Å². The highest BCUT2D eigenvalue weighted by molar-refractivity contribution is 8.00. The number of nitrogens with one attached hydrogen (secondary N) is 1. The number of carbonyl (C=O) groups excluding carboxylic acids is 1. The molecule has 1 heterocycles. The first kappa shape index (κ1) is 17.0. The van der Waals surface area contributed by atoms with Crippen LogP contribution in [-0.2, 0) is 11.3 Å². The fourth-order valence-electron chi connectivity index (χ4n) is 2.51. The van der Waals surface area contributed by atoms with E-state index in [9.17, 15) is 9.59 Å². The number of fused-ring (bicyclic) bond motifs is 1. The highest BCUT2D eigenvalue weighted by Crippen LogP contribution is 2.25. The smallest absolute Gasteiger partial charge is 0.262 e. The van der Waals surface area contributed by atoms with Gasteiger partial charge >= 0.3 is 0 Å². The summed E-state index contributed by atoms with van der Waals surface area (Å²) in [5.74, 6) is 0.0203. The van der Waals surface area contributed by atoms with Crippen molar-refractivity contribution in [1.82, 2.24) is 14.9 Å². The third-order valence-corrected chi connectivity index (χ3v) is 5.23. The zero-order valence-electron chi connectivity index (χ0n) is 14.1. The second kappa shape index (κ2) is 7.38. The average molecular weight is 345 g/mol. The second-order valence-electron chi connectivity index (χ2n) is 6.26. The Bertz CT molecular complexity index is 798. The van der Waals surface area contributed by atoms with Gasteiger partial charge in [-0.15, -0.1) is 0 Å². The molecule has 1 aliphatic rings. The molecule has 128 valence electrons. The molecule has 1 aromatic heterocycles. The van der Waals surface area contributed by atoms with Crippen LogP contribution in [0.3, 0.4) is 0 Å². The van der Waals surface area contributed by atoms with E-state index < -0.39 is 0 Å². The molecule has 5 nitrogen and oxygen atoms in total. The zero-order valence-corrected chi connectivity index (χ0v) is 14.9. The normalized spacial score (nSPS) is 15.4. The Hall–Kier alpha value is -1.82. The van der Waals surface area contributed by atoms with Gasteiger partial charge in [0, 0.05) is 12.6 Å². The molecule has 1 fully saturated rings. The van der Waals surface area contributed by atoms with Crippen molar-refractivity contribution in [3.8, 4) is 0 Å². The summed E-state index contributed by atoms with van der Waals surface area (Å²) in [6.07, 6.45) is 4.05. The van der Waals surface area contributed by atoms with Gasteiger partial charge in [-0.25, -0.2) is 4.98 Å². The van der Waals surface area contributed by atoms with Crippen LogP contribution in [-0.4, -0.2) is 26.8 Å². The van der Waals surface area contributed by atoms with Crippen molar-refractivity contribution in [2.75, 3.05) is 0 Å². The molecule has 0 bridgehead atoms. The van der Waals surface area contributed by atoms with Crippen LogP contribution in [0.25, 0.3) is 10.9 Å². The summed E-state index contributed by atoms with van der Waals surface area (Å²) in [5, 5.41) is 4.00. The lowest BCUT2D eigenvalue weighted by atomic mass is 10.2. The molecule has 6 heteroatoms. The fourth-order valence-corrected chi connectivity index (χ4v) is 3.45. The molecule has 0 unspecified atom stereocenters. The molecule has 3 rings (SSSR count). The number of nitrogens with zero attached hydrogens (tertiary/aromatic N) is 2. The molecule has 1 amide bonds. The first-order chi connectivity index (χ1) is 11.6. The third-order valence-electron chi connectivity index (χ3n) is 4.14. The molecular formula is C18H23N3O2S. The number of para-hydroxylation sites is 1. The van der Waals surface area contributed by atoms with Gasteiger partial charge < -0.3 is 5.32 Å². The number of rotatable bonds is 7. The Morgan fingerprint density at radius 1 is 1.42 bits per heavy atom. The number of hydrogen-bond donors (Lipinski definition) is 1. The minimum absolute atomic E-state index is 0.0203. The number of amides is 1. The van der Waals surface area contributed by atoms with Gasteiger partial charge in [-0.2, -0.15) is 0 Å². The predicted octanol–water partition coefficient (Wildman–Crippen LogP) is 2.96. The van der Waals surface area contributed by atoms with E-state index in [1.807, 2.05) is 31.2 Å². The van der Waals surface area contributed by atoms with Crippen LogP contribution in [0.4, 0.5) is 0 Å². The Morgan fingerprint density at radius 2 is 2.17 bits per heavy atom. The molecule has 0 saturated heterocycles. The van der Waals surface area contributed by atoms with Gasteiger partial charge in [0.15, 0.2) is 5.16 Å². The maximum absolute atomic E-state index is 12.8. The topological polar surface area (TPSA) is 64.0 Å². The summed E-state index contributed by atoms with van der Waals surface area (Å²) in [6, 6.07) is 7.73. The van der Waals surface area contributed by atoms with Gasteiger partial charge in [0.2, 0.25) is 5.91 Å². The van der Waals surface area contributed by atoms with Crippen molar-refractivity contribution in [1.29, 1.82) is 0 Å². The van der Waals surface area contributed by atoms with Crippen LogP contribution < -0.4 is 10.9 Å². The maximum atomic E-state index is 12.8. The Kier molecular flexibility index (Phi) is 5.23. The van der Waals surface area contributed by atoms with Crippen molar-refractivity contribution in [3.63, 3.8) is 0 Å². The zero-order chi connectivity index (χ0) is 17.1. The summed E-state index contributed by atoms with van der Waals surface area (Å²) in [5.41, 5.74) is 0.666. The fraction of sp³-hybridized carbons (Fsp3) is 0.500. The van der Waals surface area contributed by atoms with Crippen LogP contribution in [0.2, 0.25) is 0 Å². The molecule has 1 aliphatic carbocycles. The standard InChI is InChI=1S/C18H23N3O2S/c1-3-4-11-21-17(23)14-7-5-6-8-15(14)20-18(21)24-12(2)16(22)19-13-9-10-13/h5-8,12-13H,3-4,9-11H2,1-2H3,(H,19,22)/t12-/m0/s1. The van der Waals surface area contributed by atoms with E-state index in [-0.39, 0.29) is 16.7 Å². The van der Waals surface area contributed by atoms with E-state index in [0.29, 0.717) is 28.6 Å². The van der Waals surface area contributed by atoms with E-state index in [4.69, 9.17) is 0 Å². The molecule has 1 saturated carbocycles. The van der Waals surface area contributed by atoms with Gasteiger partial charge in [0.1, 0.15) is 0 Å². The minimum Gasteiger partial charge on any atom is -0.352 e. The molecule has 1 N–H and O–H groups in total. The van der Waals surface area contributed by atoms with Gasteiger partial charge in [-0.3, -0.25) is 14.2 Å². The van der Waals surface area contributed by atoms with Gasteiger partial charge in [-0.05, 0) is 38.3 Å². The molecule has 2 aromatic rings. The van der Waals surface area contributed by atoms with Crippen molar-refractivity contribution < 1.29 is 4.79 Å². The lowest BCUT2D eigenvalue weighted by molar-refractivity contribution is -0.120. The largest absolute Gasteiger partial charge is 0.352 e. The molecule has 24 heavy (non-hydrogen) atoms. The van der Waals surface area contributed by atoms with E-state index in [1.54, 1.807) is 4.57 Å². The highest BCUT2D eigenvalue weighted by atomic mass is 32.2. The Morgan fingerprint density at radius 3 is 2.88 bits per heavy atom. The summed E-state index contributed by atoms with van der Waals surface area (Å²) < 4.78 is 1.72. The van der Waals surface area contributed by atoms with Crippen molar-refractivity contribution in [2.24, 2.45) is 0 Å². The SMILES string of the molecule is CCCCn1c(S[C@@H](C)C(=O)NC2CC2)nc2ccccc2c1=O. The number of aromatic nitrogens is 2. The number of benzene rings is 1. The molecule has 0 radical (unpaired) electrons. The van der Waals surface area contributed by atoms with Gasteiger partial charge in [-0.1, -0.05) is 37.2 Å². The highest BCUT2D eigenvalue weighted by Gasteiger charge is 2.27. The Balaban J connectivity index is 1.91. The van der Waals surface area contributed by atoms with E-state index >= 15 is 0 Å². The number of thioether (sulfide) groups is 1. The van der Waals surface area contributed by atoms with Crippen LogP contribution in [0.1, 0.15) is 39.5 Å². The van der Waals surface area contributed by atoms with Crippen molar-refractivity contribution in [2.45, 2.75) is 62.5 Å².